The number of rotatable bonds is 8. The molecule has 0 unspecified atom stereocenters. The number of urea groups is 1. The van der Waals surface area contributed by atoms with Gasteiger partial charge < -0.3 is 20.1 Å². The van der Waals surface area contributed by atoms with Crippen LogP contribution < -0.4 is 15.4 Å². The molecule has 9 nitrogen and oxygen atoms in total. The van der Waals surface area contributed by atoms with E-state index in [4.69, 9.17) is 9.47 Å². The minimum atomic E-state index is -1.25. The maximum Gasteiger partial charge on any atom is 0.326 e. The van der Waals surface area contributed by atoms with Gasteiger partial charge in [-0.05, 0) is 12.5 Å². The van der Waals surface area contributed by atoms with Gasteiger partial charge in [-0.2, -0.15) is 0 Å². The molecule has 2 aliphatic heterocycles. The molecule has 0 aromatic heterocycles. The SMILES string of the molecule is CCCCCNC(=O)COC(=O)CN1C(=O)N[C@]2(CCOc3ccccc32)C1=O. The Balaban J connectivity index is 1.57. The van der Waals surface area contributed by atoms with Gasteiger partial charge in [0.1, 0.15) is 12.3 Å². The second-order valence-corrected chi connectivity index (χ2v) is 7.04. The molecular formula is C20H25N3O6. The smallest absolute Gasteiger partial charge is 0.326 e. The summed E-state index contributed by atoms with van der Waals surface area (Å²) in [5, 5.41) is 5.36. The molecule has 9 heteroatoms. The van der Waals surface area contributed by atoms with Crippen LogP contribution in [0.5, 0.6) is 5.75 Å². The first-order valence-electron chi connectivity index (χ1n) is 9.76. The van der Waals surface area contributed by atoms with Crippen molar-refractivity contribution in [3.63, 3.8) is 0 Å². The highest BCUT2D eigenvalue weighted by atomic mass is 16.5. The van der Waals surface area contributed by atoms with Gasteiger partial charge in [-0.1, -0.05) is 38.0 Å². The van der Waals surface area contributed by atoms with Crippen LogP contribution in [0.2, 0.25) is 0 Å². The van der Waals surface area contributed by atoms with E-state index >= 15 is 0 Å². The number of imide groups is 1. The van der Waals surface area contributed by atoms with Gasteiger partial charge >= 0.3 is 12.0 Å². The van der Waals surface area contributed by atoms with Crippen molar-refractivity contribution in [2.45, 2.75) is 38.1 Å². The standard InChI is InChI=1S/C20H25N3O6/c1-2-3-6-10-21-16(24)13-29-17(25)12-23-18(26)20(22-19(23)27)9-11-28-15-8-5-4-7-14(15)20/h4-5,7-8H,2-3,6,9-13H2,1H3,(H,21,24)(H,22,27)/t20-/m0/s1. The minimum absolute atomic E-state index is 0.263. The number of para-hydroxylation sites is 1. The highest BCUT2D eigenvalue weighted by molar-refractivity contribution is 6.09. The molecule has 4 amide bonds. The summed E-state index contributed by atoms with van der Waals surface area (Å²) in [6.07, 6.45) is 3.16. The number of benzene rings is 1. The van der Waals surface area contributed by atoms with Gasteiger partial charge in [-0.15, -0.1) is 0 Å². The summed E-state index contributed by atoms with van der Waals surface area (Å²) in [4.78, 5) is 50.0. The molecule has 1 fully saturated rings. The van der Waals surface area contributed by atoms with Gasteiger partial charge in [0.2, 0.25) is 0 Å². The highest BCUT2D eigenvalue weighted by Gasteiger charge is 2.55. The van der Waals surface area contributed by atoms with Crippen LogP contribution in [0.3, 0.4) is 0 Å². The van der Waals surface area contributed by atoms with Crippen molar-refractivity contribution in [1.29, 1.82) is 0 Å². The number of nitrogens with zero attached hydrogens (tertiary/aromatic N) is 1. The van der Waals surface area contributed by atoms with Crippen molar-refractivity contribution >= 4 is 23.8 Å². The number of carbonyl (C=O) groups is 4. The van der Waals surface area contributed by atoms with Crippen LogP contribution in [-0.4, -0.2) is 55.0 Å². The Morgan fingerprint density at radius 3 is 2.86 bits per heavy atom. The maximum absolute atomic E-state index is 13.0. The summed E-state index contributed by atoms with van der Waals surface area (Å²) in [6.45, 7) is 1.83. The van der Waals surface area contributed by atoms with Gasteiger partial charge in [0.15, 0.2) is 12.1 Å². The number of nitrogens with one attached hydrogen (secondary N) is 2. The Morgan fingerprint density at radius 2 is 2.07 bits per heavy atom. The molecule has 2 N–H and O–H groups in total. The lowest BCUT2D eigenvalue weighted by molar-refractivity contribution is -0.151. The van der Waals surface area contributed by atoms with Crippen LogP contribution in [0.4, 0.5) is 4.79 Å². The lowest BCUT2D eigenvalue weighted by Gasteiger charge is -2.33. The molecule has 0 radical (unpaired) electrons. The lowest BCUT2D eigenvalue weighted by atomic mass is 9.84. The average Bonchev–Trinajstić information content (AvgIpc) is 2.95. The van der Waals surface area contributed by atoms with Gasteiger partial charge in [-0.3, -0.25) is 19.3 Å². The summed E-state index contributed by atoms with van der Waals surface area (Å²) in [5.41, 5.74) is -0.685. The van der Waals surface area contributed by atoms with E-state index in [2.05, 4.69) is 17.6 Å². The molecule has 156 valence electrons. The van der Waals surface area contributed by atoms with Crippen LogP contribution in [-0.2, 0) is 24.7 Å². The van der Waals surface area contributed by atoms with E-state index in [0.29, 0.717) is 17.9 Å². The first-order chi connectivity index (χ1) is 14.0. The number of unbranched alkanes of at least 4 members (excludes halogenated alkanes) is 2. The van der Waals surface area contributed by atoms with E-state index in [1.54, 1.807) is 24.3 Å². The number of fused-ring (bicyclic) bond motifs is 2. The largest absolute Gasteiger partial charge is 0.493 e. The summed E-state index contributed by atoms with van der Waals surface area (Å²) in [7, 11) is 0. The van der Waals surface area contributed by atoms with Crippen LogP contribution in [0.25, 0.3) is 0 Å². The normalized spacial score (nSPS) is 20.1. The van der Waals surface area contributed by atoms with Crippen LogP contribution >= 0.6 is 0 Å². The average molecular weight is 403 g/mol. The van der Waals surface area contributed by atoms with E-state index in [1.165, 1.54) is 0 Å². The summed E-state index contributed by atoms with van der Waals surface area (Å²) in [5.74, 6) is -1.24. The maximum atomic E-state index is 13.0. The number of ether oxygens (including phenoxy) is 2. The highest BCUT2D eigenvalue weighted by Crippen LogP contribution is 2.40. The lowest BCUT2D eigenvalue weighted by Crippen LogP contribution is -2.47. The Hall–Kier alpha value is -3.10. The number of hydrogen-bond acceptors (Lipinski definition) is 6. The Labute approximate surface area is 168 Å². The fraction of sp³-hybridized carbons (Fsp3) is 0.500. The van der Waals surface area contributed by atoms with Crippen molar-refractivity contribution in [1.82, 2.24) is 15.5 Å². The molecule has 1 aromatic rings. The molecule has 1 spiro atoms. The van der Waals surface area contributed by atoms with Gasteiger partial charge in [0.05, 0.1) is 6.61 Å². The molecule has 2 aliphatic rings. The Kier molecular flexibility index (Phi) is 6.36. The van der Waals surface area contributed by atoms with Gasteiger partial charge in [0, 0.05) is 18.5 Å². The number of amides is 4. The zero-order chi connectivity index (χ0) is 20.9. The van der Waals surface area contributed by atoms with Crippen molar-refractivity contribution < 1.29 is 28.7 Å². The van der Waals surface area contributed by atoms with E-state index in [0.717, 1.165) is 24.2 Å². The molecule has 2 heterocycles. The topological polar surface area (TPSA) is 114 Å². The van der Waals surface area contributed by atoms with Crippen LogP contribution in [0.15, 0.2) is 24.3 Å². The van der Waals surface area contributed by atoms with Gasteiger partial charge in [-0.25, -0.2) is 4.79 Å². The first kappa shape index (κ1) is 20.6. The number of carbonyl (C=O) groups excluding carboxylic acids is 4. The van der Waals surface area contributed by atoms with E-state index in [1.807, 2.05) is 0 Å². The molecular weight excluding hydrogens is 378 g/mol. The molecule has 3 rings (SSSR count). The van der Waals surface area contributed by atoms with Crippen molar-refractivity contribution in [2.24, 2.45) is 0 Å². The zero-order valence-corrected chi connectivity index (χ0v) is 16.4. The number of hydrogen-bond donors (Lipinski definition) is 2. The summed E-state index contributed by atoms with van der Waals surface area (Å²) in [6, 6.07) is 6.31. The minimum Gasteiger partial charge on any atom is -0.493 e. The Bertz CT molecular complexity index is 811. The quantitative estimate of drug-likeness (QED) is 0.381. The Morgan fingerprint density at radius 1 is 1.28 bits per heavy atom. The molecule has 0 aliphatic carbocycles. The van der Waals surface area contributed by atoms with Crippen LogP contribution in [0, 0.1) is 0 Å². The van der Waals surface area contributed by atoms with E-state index in [-0.39, 0.29) is 13.0 Å². The molecule has 1 aromatic carbocycles. The second-order valence-electron chi connectivity index (χ2n) is 7.04. The fourth-order valence-corrected chi connectivity index (χ4v) is 3.49. The first-order valence-corrected chi connectivity index (χ1v) is 9.76. The van der Waals surface area contributed by atoms with Crippen molar-refractivity contribution in [2.75, 3.05) is 26.3 Å². The second kappa shape index (κ2) is 8.93. The monoisotopic (exact) mass is 403 g/mol. The summed E-state index contributed by atoms with van der Waals surface area (Å²) < 4.78 is 10.5. The third-order valence-electron chi connectivity index (χ3n) is 5.01. The van der Waals surface area contributed by atoms with Crippen molar-refractivity contribution in [3.8, 4) is 5.75 Å². The molecule has 1 atom stereocenters. The molecule has 0 bridgehead atoms. The van der Waals surface area contributed by atoms with Crippen LogP contribution in [0.1, 0.15) is 38.2 Å². The van der Waals surface area contributed by atoms with Gasteiger partial charge in [0.25, 0.3) is 11.8 Å². The van der Waals surface area contributed by atoms with Crippen molar-refractivity contribution in [3.05, 3.63) is 29.8 Å². The third kappa shape index (κ3) is 4.33. The van der Waals surface area contributed by atoms with E-state index in [9.17, 15) is 19.2 Å². The third-order valence-corrected chi connectivity index (χ3v) is 5.01. The summed E-state index contributed by atoms with van der Waals surface area (Å²) >= 11 is 0. The predicted molar refractivity (Wildman–Crippen MR) is 102 cm³/mol. The molecule has 1 saturated heterocycles. The predicted octanol–water partition coefficient (Wildman–Crippen LogP) is 1.07. The zero-order valence-electron chi connectivity index (χ0n) is 16.4. The molecule has 0 saturated carbocycles. The van der Waals surface area contributed by atoms with E-state index < -0.39 is 42.5 Å². The number of esters is 1. The fourth-order valence-electron chi connectivity index (χ4n) is 3.49. The molecule has 29 heavy (non-hydrogen) atoms.